The molecule has 21 heteroatoms. The predicted molar refractivity (Wildman–Crippen MR) is 255 cm³/mol. The molecule has 1 atom stereocenters. The summed E-state index contributed by atoms with van der Waals surface area (Å²) in [5, 5.41) is 9.20. The number of amides is 5. The molecule has 0 bridgehead atoms. The van der Waals surface area contributed by atoms with Gasteiger partial charge in [0.1, 0.15) is 16.8 Å². The highest BCUT2D eigenvalue weighted by Crippen LogP contribution is 2.47. The lowest BCUT2D eigenvalue weighted by Crippen LogP contribution is -2.54. The second kappa shape index (κ2) is 21.2. The third kappa shape index (κ3) is 10.5. The number of para-hydroxylation sites is 1. The molecule has 354 valence electrons. The SMILES string of the molecule is COc1cc(N2CCC(N3CCN(C(=O)CCCCSc4cccc5c4C(=O)N(C4CCC(=O)NC4=O)C5=O)CC3)CC2)ccc1Nc1ncc(Cl)c(Nc2ccccc2P(=O)(OC)OC)n1. The topological polar surface area (TPSA) is 205 Å². The first kappa shape index (κ1) is 47.9. The summed E-state index contributed by atoms with van der Waals surface area (Å²) in [7, 11) is 0.686. The van der Waals surface area contributed by atoms with Gasteiger partial charge in [-0.15, -0.1) is 11.8 Å². The van der Waals surface area contributed by atoms with Gasteiger partial charge in [0.25, 0.3) is 11.8 Å². The number of methoxy groups -OCH3 is 1. The number of fused-ring (bicyclic) bond motifs is 1. The van der Waals surface area contributed by atoms with Gasteiger partial charge in [0.05, 0.1) is 41.1 Å². The van der Waals surface area contributed by atoms with Crippen molar-refractivity contribution in [2.24, 2.45) is 0 Å². The highest BCUT2D eigenvalue weighted by Gasteiger charge is 2.45. The monoisotopic (exact) mass is 973 g/mol. The number of rotatable bonds is 17. The van der Waals surface area contributed by atoms with Crippen LogP contribution >= 0.6 is 31.0 Å². The van der Waals surface area contributed by atoms with Crippen molar-refractivity contribution < 1.29 is 42.3 Å². The molecule has 3 fully saturated rings. The van der Waals surface area contributed by atoms with Crippen molar-refractivity contribution in [3.8, 4) is 5.75 Å². The minimum atomic E-state index is -3.58. The Hall–Kier alpha value is -5.56. The van der Waals surface area contributed by atoms with Gasteiger partial charge in [-0.2, -0.15) is 4.98 Å². The van der Waals surface area contributed by atoms with E-state index in [0.29, 0.717) is 70.6 Å². The molecule has 4 aromatic rings. The number of nitrogens with zero attached hydrogens (tertiary/aromatic N) is 6. The number of nitrogens with one attached hydrogen (secondary N) is 3. The molecule has 3 N–H and O–H groups in total. The Morgan fingerprint density at radius 1 is 0.881 bits per heavy atom. The molecule has 1 unspecified atom stereocenters. The summed E-state index contributed by atoms with van der Waals surface area (Å²) in [5.74, 6) is -0.0883. The first-order valence-electron chi connectivity index (χ1n) is 22.2. The van der Waals surface area contributed by atoms with Crippen molar-refractivity contribution in [2.45, 2.75) is 61.9 Å². The number of carbonyl (C=O) groups is 5. The van der Waals surface area contributed by atoms with Gasteiger partial charge in [-0.1, -0.05) is 29.8 Å². The summed E-state index contributed by atoms with van der Waals surface area (Å²) in [4.78, 5) is 81.4. The molecule has 18 nitrogen and oxygen atoms in total. The van der Waals surface area contributed by atoms with E-state index >= 15 is 0 Å². The number of thioether (sulfide) groups is 1. The minimum absolute atomic E-state index is 0.0679. The second-order valence-corrected chi connectivity index (χ2v) is 20.2. The van der Waals surface area contributed by atoms with Crippen LogP contribution in [0.3, 0.4) is 0 Å². The average Bonchev–Trinajstić information content (AvgIpc) is 3.61. The quantitative estimate of drug-likeness (QED) is 0.0465. The van der Waals surface area contributed by atoms with Crippen molar-refractivity contribution in [2.75, 3.05) is 81.9 Å². The standard InChI is InChI=1S/C46H53ClN9O9PS/c1-63-36-27-30(14-15-33(36)50-46-48-28-32(47)42(52-46)49-34-10-4-5-11-37(34)66(62,64-2)65-3)53-20-18-29(19-21-53)54-22-24-55(25-23-54)40(58)13-6-7-26-67-38-12-8-9-31-41(38)45(61)56(44(31)60)35-16-17-39(57)51-43(35)59/h4-5,8-12,14-15,27-29,35H,6-7,13,16-26H2,1-3H3,(H,51,57,59)(H2,48,49,50,52). The molecule has 1 aromatic heterocycles. The molecule has 0 aliphatic carbocycles. The molecular weight excluding hydrogens is 921 g/mol. The highest BCUT2D eigenvalue weighted by molar-refractivity contribution is 7.99. The van der Waals surface area contributed by atoms with E-state index in [4.69, 9.17) is 25.4 Å². The largest absolute Gasteiger partial charge is 0.494 e. The number of ether oxygens (including phenoxy) is 1. The Kier molecular flexibility index (Phi) is 15.1. The predicted octanol–water partition coefficient (Wildman–Crippen LogP) is 6.21. The van der Waals surface area contributed by atoms with Gasteiger partial charge >= 0.3 is 7.60 Å². The summed E-state index contributed by atoms with van der Waals surface area (Å²) in [6, 6.07) is 17.4. The van der Waals surface area contributed by atoms with Crippen molar-refractivity contribution in [3.05, 3.63) is 83.0 Å². The van der Waals surface area contributed by atoms with Crippen LogP contribution in [0.25, 0.3) is 0 Å². The van der Waals surface area contributed by atoms with E-state index in [1.54, 1.807) is 49.6 Å². The van der Waals surface area contributed by atoms with Crippen LogP contribution in [0.1, 0.15) is 65.7 Å². The van der Waals surface area contributed by atoms with E-state index in [1.165, 1.54) is 32.2 Å². The third-order valence-electron chi connectivity index (χ3n) is 12.6. The van der Waals surface area contributed by atoms with Gasteiger partial charge in [-0.05, 0) is 74.3 Å². The first-order valence-corrected chi connectivity index (χ1v) is 25.1. The molecule has 0 spiro atoms. The van der Waals surface area contributed by atoms with E-state index in [2.05, 4.69) is 35.7 Å². The summed E-state index contributed by atoms with van der Waals surface area (Å²) in [6.45, 7) is 4.81. The van der Waals surface area contributed by atoms with Crippen LogP contribution in [0.5, 0.6) is 5.75 Å². The molecule has 4 aliphatic rings. The number of aromatic nitrogens is 2. The lowest BCUT2D eigenvalue weighted by Gasteiger charge is -2.43. The van der Waals surface area contributed by atoms with Crippen molar-refractivity contribution >= 4 is 94.6 Å². The molecule has 3 aromatic carbocycles. The number of carbonyl (C=O) groups excluding carboxylic acids is 5. The van der Waals surface area contributed by atoms with Crippen molar-refractivity contribution in [3.63, 3.8) is 0 Å². The highest BCUT2D eigenvalue weighted by atomic mass is 35.5. The smallest absolute Gasteiger partial charge is 0.362 e. The number of unbranched alkanes of at least 4 members (excludes halogenated alkanes) is 1. The van der Waals surface area contributed by atoms with E-state index in [1.807, 2.05) is 23.1 Å². The molecule has 0 radical (unpaired) electrons. The zero-order valence-electron chi connectivity index (χ0n) is 37.5. The lowest BCUT2D eigenvalue weighted by molar-refractivity contribution is -0.136. The number of benzene rings is 3. The summed E-state index contributed by atoms with van der Waals surface area (Å²) >= 11 is 7.95. The van der Waals surface area contributed by atoms with Crippen LogP contribution in [-0.2, 0) is 28.0 Å². The van der Waals surface area contributed by atoms with Gasteiger partial charge in [0.15, 0.2) is 5.82 Å². The Morgan fingerprint density at radius 3 is 2.37 bits per heavy atom. The number of anilines is 5. The third-order valence-corrected chi connectivity index (χ3v) is 16.0. The first-order chi connectivity index (χ1) is 32.4. The van der Waals surface area contributed by atoms with Crippen LogP contribution < -0.4 is 30.9 Å². The molecule has 4 aliphatic heterocycles. The van der Waals surface area contributed by atoms with Crippen molar-refractivity contribution in [1.82, 2.24) is 30.0 Å². The molecule has 5 heterocycles. The maximum absolute atomic E-state index is 13.4. The van der Waals surface area contributed by atoms with Gasteiger partial charge < -0.3 is 34.2 Å². The number of halogens is 1. The zero-order chi connectivity index (χ0) is 47.2. The van der Waals surface area contributed by atoms with E-state index < -0.39 is 37.3 Å². The maximum atomic E-state index is 13.4. The number of hydrogen-bond donors (Lipinski definition) is 3. The molecule has 8 rings (SSSR count). The van der Waals surface area contributed by atoms with E-state index in [-0.39, 0.29) is 41.1 Å². The minimum Gasteiger partial charge on any atom is -0.494 e. The number of hydrogen-bond acceptors (Lipinski definition) is 16. The Bertz CT molecular complexity index is 2580. The molecule has 5 amide bonds. The van der Waals surface area contributed by atoms with Gasteiger partial charge in [-0.3, -0.25) is 43.7 Å². The number of piperidine rings is 2. The second-order valence-electron chi connectivity index (χ2n) is 16.5. The molecule has 0 saturated carbocycles. The average molecular weight is 974 g/mol. The van der Waals surface area contributed by atoms with Crippen LogP contribution in [0.15, 0.2) is 71.8 Å². The molecule has 67 heavy (non-hydrogen) atoms. The van der Waals surface area contributed by atoms with E-state index in [9.17, 15) is 28.5 Å². The fourth-order valence-corrected chi connectivity index (χ4v) is 11.4. The van der Waals surface area contributed by atoms with E-state index in [0.717, 1.165) is 56.0 Å². The van der Waals surface area contributed by atoms with Gasteiger partial charge in [-0.25, -0.2) is 4.98 Å². The Labute approximate surface area is 398 Å². The van der Waals surface area contributed by atoms with Crippen LogP contribution in [0, 0.1) is 0 Å². The number of piperazine rings is 1. The van der Waals surface area contributed by atoms with Crippen LogP contribution in [0.2, 0.25) is 5.02 Å². The fourth-order valence-electron chi connectivity index (χ4n) is 8.98. The summed E-state index contributed by atoms with van der Waals surface area (Å²) in [5.41, 5.74) is 2.73. The fraction of sp³-hybridized carbons (Fsp3) is 0.413. The van der Waals surface area contributed by atoms with Crippen LogP contribution in [0.4, 0.5) is 28.8 Å². The summed E-state index contributed by atoms with van der Waals surface area (Å²) < 4.78 is 29.4. The van der Waals surface area contributed by atoms with Gasteiger partial charge in [0, 0.05) is 89.0 Å². The van der Waals surface area contributed by atoms with Crippen molar-refractivity contribution in [1.29, 1.82) is 0 Å². The van der Waals surface area contributed by atoms with Crippen LogP contribution in [-0.4, -0.2) is 133 Å². The Morgan fingerprint density at radius 2 is 1.64 bits per heavy atom. The zero-order valence-corrected chi connectivity index (χ0v) is 40.0. The number of imide groups is 2. The maximum Gasteiger partial charge on any atom is 0.362 e. The Balaban J connectivity index is 0.771. The summed E-state index contributed by atoms with van der Waals surface area (Å²) in [6.07, 6.45) is 5.54. The normalized spacial score (nSPS) is 18.3. The van der Waals surface area contributed by atoms with Gasteiger partial charge in [0.2, 0.25) is 23.7 Å². The molecule has 3 saturated heterocycles. The molecular formula is C46H53ClN9O9PS. The lowest BCUT2D eigenvalue weighted by atomic mass is 10.0.